The smallest absolute Gasteiger partial charge is 0.133 e. The van der Waals surface area contributed by atoms with E-state index in [-0.39, 0.29) is 6.04 Å². The summed E-state index contributed by atoms with van der Waals surface area (Å²) in [4.78, 5) is 4.03. The van der Waals surface area contributed by atoms with Crippen molar-refractivity contribution >= 4 is 34.2 Å². The Morgan fingerprint density at radius 1 is 1.69 bits per heavy atom. The normalized spacial score (nSPS) is 12.9. The van der Waals surface area contributed by atoms with Crippen molar-refractivity contribution in [1.82, 2.24) is 4.98 Å². The van der Waals surface area contributed by atoms with Crippen LogP contribution in [-0.2, 0) is 6.42 Å². The molecule has 2 N–H and O–H groups in total. The summed E-state index contributed by atoms with van der Waals surface area (Å²) in [6.45, 7) is 2.07. The largest absolute Gasteiger partial charge is 0.327 e. The molecule has 0 aromatic carbocycles. The third kappa shape index (κ3) is 3.07. The number of pyridine rings is 1. The Hall–Kier alpha value is 0.130. The van der Waals surface area contributed by atoms with Crippen molar-refractivity contribution in [2.75, 3.05) is 0 Å². The number of nitrogens with two attached hydrogens (primary N) is 1. The summed E-state index contributed by atoms with van der Waals surface area (Å²) in [7, 11) is 0. The first-order chi connectivity index (χ1) is 6.15. The van der Waals surface area contributed by atoms with Gasteiger partial charge in [0.15, 0.2) is 0 Å². The van der Waals surface area contributed by atoms with Crippen LogP contribution in [0.5, 0.6) is 0 Å². The summed E-state index contributed by atoms with van der Waals surface area (Å²) in [5.74, 6) is 0. The van der Waals surface area contributed by atoms with E-state index in [2.05, 4.69) is 34.5 Å². The molecule has 0 saturated heterocycles. The molecule has 0 radical (unpaired) electrons. The van der Waals surface area contributed by atoms with Gasteiger partial charge in [0.2, 0.25) is 0 Å². The third-order valence-corrected chi connectivity index (χ3v) is 3.27. The van der Waals surface area contributed by atoms with E-state index in [4.69, 9.17) is 17.3 Å². The van der Waals surface area contributed by atoms with Crippen LogP contribution in [0.4, 0.5) is 0 Å². The number of rotatable bonds is 3. The standard InChI is InChI=1S/C9H12ClIN2/c1-2-6(12)5-7-8(11)3-4-13-9(7)10/h3-4,6H,2,5,12H2,1H3. The van der Waals surface area contributed by atoms with Crippen molar-refractivity contribution in [3.05, 3.63) is 26.5 Å². The maximum absolute atomic E-state index is 5.96. The van der Waals surface area contributed by atoms with Crippen molar-refractivity contribution in [2.45, 2.75) is 25.8 Å². The first-order valence-electron chi connectivity index (χ1n) is 4.19. The Bertz CT molecular complexity index is 271. The Labute approximate surface area is 97.0 Å². The topological polar surface area (TPSA) is 38.9 Å². The van der Waals surface area contributed by atoms with Crippen LogP contribution in [0.15, 0.2) is 12.3 Å². The van der Waals surface area contributed by atoms with E-state index in [1.54, 1.807) is 6.20 Å². The van der Waals surface area contributed by atoms with Gasteiger partial charge in [-0.3, -0.25) is 0 Å². The van der Waals surface area contributed by atoms with Crippen LogP contribution in [-0.4, -0.2) is 11.0 Å². The molecule has 1 heterocycles. The zero-order valence-corrected chi connectivity index (χ0v) is 10.3. The van der Waals surface area contributed by atoms with Gasteiger partial charge in [0.25, 0.3) is 0 Å². The molecule has 0 fully saturated rings. The number of halogens is 2. The van der Waals surface area contributed by atoms with Gasteiger partial charge in [-0.2, -0.15) is 0 Å². The van der Waals surface area contributed by atoms with Gasteiger partial charge in [0.05, 0.1) is 0 Å². The SMILES string of the molecule is CCC(N)Cc1c(I)ccnc1Cl. The summed E-state index contributed by atoms with van der Waals surface area (Å²) in [5.41, 5.74) is 6.92. The zero-order valence-electron chi connectivity index (χ0n) is 7.43. The van der Waals surface area contributed by atoms with Crippen LogP contribution < -0.4 is 5.73 Å². The Balaban J connectivity index is 2.87. The van der Waals surface area contributed by atoms with Gasteiger partial charge in [-0.1, -0.05) is 18.5 Å². The lowest BCUT2D eigenvalue weighted by atomic mass is 10.1. The molecule has 1 aromatic rings. The minimum atomic E-state index is 0.176. The lowest BCUT2D eigenvalue weighted by Gasteiger charge is -2.10. The molecule has 72 valence electrons. The average molecular weight is 311 g/mol. The lowest BCUT2D eigenvalue weighted by Crippen LogP contribution is -2.22. The predicted octanol–water partition coefficient (Wildman–Crippen LogP) is 2.62. The highest BCUT2D eigenvalue weighted by Gasteiger charge is 2.09. The monoisotopic (exact) mass is 310 g/mol. The second-order valence-electron chi connectivity index (χ2n) is 2.93. The molecule has 0 saturated carbocycles. The molecular weight excluding hydrogens is 298 g/mol. The Morgan fingerprint density at radius 3 is 2.92 bits per heavy atom. The van der Waals surface area contributed by atoms with Crippen molar-refractivity contribution in [3.8, 4) is 0 Å². The minimum Gasteiger partial charge on any atom is -0.327 e. The van der Waals surface area contributed by atoms with Crippen molar-refractivity contribution < 1.29 is 0 Å². The van der Waals surface area contributed by atoms with Crippen molar-refractivity contribution in [1.29, 1.82) is 0 Å². The maximum Gasteiger partial charge on any atom is 0.133 e. The number of nitrogens with zero attached hydrogens (tertiary/aromatic N) is 1. The molecule has 4 heteroatoms. The van der Waals surface area contributed by atoms with Gasteiger partial charge in [0, 0.05) is 21.4 Å². The summed E-state index contributed by atoms with van der Waals surface area (Å²) in [5, 5.41) is 0.579. The second-order valence-corrected chi connectivity index (χ2v) is 4.45. The summed E-state index contributed by atoms with van der Waals surface area (Å²) >= 11 is 8.21. The van der Waals surface area contributed by atoms with Crippen LogP contribution in [0.1, 0.15) is 18.9 Å². The van der Waals surface area contributed by atoms with Crippen LogP contribution in [0.25, 0.3) is 0 Å². The number of hydrogen-bond acceptors (Lipinski definition) is 2. The molecule has 13 heavy (non-hydrogen) atoms. The third-order valence-electron chi connectivity index (χ3n) is 1.94. The van der Waals surface area contributed by atoms with Gasteiger partial charge in [0.1, 0.15) is 5.15 Å². The van der Waals surface area contributed by atoms with E-state index in [0.29, 0.717) is 5.15 Å². The lowest BCUT2D eigenvalue weighted by molar-refractivity contribution is 0.643. The zero-order chi connectivity index (χ0) is 9.84. The summed E-state index contributed by atoms with van der Waals surface area (Å²) in [6.07, 6.45) is 3.48. The maximum atomic E-state index is 5.96. The van der Waals surface area contributed by atoms with Gasteiger partial charge < -0.3 is 5.73 Å². The van der Waals surface area contributed by atoms with E-state index in [1.165, 1.54) is 0 Å². The molecule has 1 unspecified atom stereocenters. The molecule has 1 atom stereocenters. The fourth-order valence-electron chi connectivity index (χ4n) is 1.03. The molecule has 0 aliphatic heterocycles. The van der Waals surface area contributed by atoms with Crippen molar-refractivity contribution in [3.63, 3.8) is 0 Å². The molecule has 0 aliphatic carbocycles. The first kappa shape index (κ1) is 11.2. The fourth-order valence-corrected chi connectivity index (χ4v) is 2.06. The molecule has 0 spiro atoms. The van der Waals surface area contributed by atoms with E-state index in [0.717, 1.165) is 22.0 Å². The summed E-state index contributed by atoms with van der Waals surface area (Å²) in [6, 6.07) is 2.12. The van der Waals surface area contributed by atoms with Gasteiger partial charge in [-0.05, 0) is 41.5 Å². The quantitative estimate of drug-likeness (QED) is 0.688. The van der Waals surface area contributed by atoms with Crippen LogP contribution in [0.3, 0.4) is 0 Å². The van der Waals surface area contributed by atoms with Gasteiger partial charge in [-0.15, -0.1) is 0 Å². The molecule has 1 aromatic heterocycles. The Morgan fingerprint density at radius 2 is 2.38 bits per heavy atom. The Kier molecular flexibility index (Phi) is 4.41. The molecule has 0 aliphatic rings. The van der Waals surface area contributed by atoms with Gasteiger partial charge >= 0.3 is 0 Å². The number of hydrogen-bond donors (Lipinski definition) is 1. The molecule has 0 amide bonds. The predicted molar refractivity (Wildman–Crippen MR) is 63.9 cm³/mol. The highest BCUT2D eigenvalue weighted by Crippen LogP contribution is 2.20. The average Bonchev–Trinajstić information content (AvgIpc) is 2.11. The van der Waals surface area contributed by atoms with E-state index in [1.807, 2.05) is 6.07 Å². The second kappa shape index (κ2) is 5.12. The van der Waals surface area contributed by atoms with Crippen LogP contribution >= 0.6 is 34.2 Å². The highest BCUT2D eigenvalue weighted by molar-refractivity contribution is 14.1. The fraction of sp³-hybridized carbons (Fsp3) is 0.444. The molecule has 0 bridgehead atoms. The molecular formula is C9H12ClIN2. The van der Waals surface area contributed by atoms with Crippen molar-refractivity contribution in [2.24, 2.45) is 5.73 Å². The van der Waals surface area contributed by atoms with Crippen LogP contribution in [0.2, 0.25) is 5.15 Å². The van der Waals surface area contributed by atoms with Crippen LogP contribution in [0, 0.1) is 3.57 Å². The van der Waals surface area contributed by atoms with E-state index >= 15 is 0 Å². The van der Waals surface area contributed by atoms with E-state index < -0.39 is 0 Å². The first-order valence-corrected chi connectivity index (χ1v) is 5.65. The number of aromatic nitrogens is 1. The minimum absolute atomic E-state index is 0.176. The van der Waals surface area contributed by atoms with Gasteiger partial charge in [-0.25, -0.2) is 4.98 Å². The molecule has 1 rings (SSSR count). The molecule has 2 nitrogen and oxygen atoms in total. The highest BCUT2D eigenvalue weighted by atomic mass is 127. The van der Waals surface area contributed by atoms with E-state index in [9.17, 15) is 0 Å². The summed E-state index contributed by atoms with van der Waals surface area (Å²) < 4.78 is 1.14.